The van der Waals surface area contributed by atoms with Gasteiger partial charge < -0.3 is 15.2 Å². The summed E-state index contributed by atoms with van der Waals surface area (Å²) in [6.45, 7) is -0.762. The number of carbonyl (C=O) groups excluding carboxylic acids is 1. The van der Waals surface area contributed by atoms with Crippen molar-refractivity contribution in [2.45, 2.75) is 30.7 Å². The fourth-order valence-electron chi connectivity index (χ4n) is 4.39. The van der Waals surface area contributed by atoms with E-state index < -0.39 is 48.6 Å². The third-order valence-corrected chi connectivity index (χ3v) is 6.02. The SMILES string of the molecule is O=C(N[C@H](CO)Cc1cc(C(F)(F)F)cc(C(F)(F)F)c1)OCC1c2ccccc2-c2ccccc21. The Balaban J connectivity index is 1.45. The van der Waals surface area contributed by atoms with Gasteiger partial charge >= 0.3 is 18.4 Å². The molecule has 0 saturated heterocycles. The van der Waals surface area contributed by atoms with Crippen molar-refractivity contribution in [3.05, 3.63) is 94.5 Å². The highest BCUT2D eigenvalue weighted by atomic mass is 19.4. The Morgan fingerprint density at radius 2 is 1.36 bits per heavy atom. The number of rotatable bonds is 6. The molecule has 0 fully saturated rings. The van der Waals surface area contributed by atoms with Gasteiger partial charge in [0.15, 0.2) is 0 Å². The number of alkyl carbamates (subject to hydrolysis) is 1. The van der Waals surface area contributed by atoms with Gasteiger partial charge in [-0.25, -0.2) is 4.79 Å². The molecule has 0 radical (unpaired) electrons. The summed E-state index contributed by atoms with van der Waals surface area (Å²) >= 11 is 0. The van der Waals surface area contributed by atoms with Crippen molar-refractivity contribution in [2.75, 3.05) is 13.2 Å². The maximum Gasteiger partial charge on any atom is 0.416 e. The number of ether oxygens (including phenoxy) is 1. The monoisotopic (exact) mass is 509 g/mol. The number of aliphatic hydroxyl groups excluding tert-OH is 1. The Bertz CT molecular complexity index is 1180. The normalized spacial score (nSPS) is 14.2. The number of carbonyl (C=O) groups is 1. The summed E-state index contributed by atoms with van der Waals surface area (Å²) in [5.41, 5.74) is 0.689. The number of benzene rings is 3. The lowest BCUT2D eigenvalue weighted by Crippen LogP contribution is -2.40. The number of aliphatic hydroxyl groups is 1. The van der Waals surface area contributed by atoms with E-state index in [1.54, 1.807) is 0 Å². The third kappa shape index (κ3) is 5.48. The molecule has 0 bridgehead atoms. The van der Waals surface area contributed by atoms with Crippen LogP contribution in [0.25, 0.3) is 11.1 Å². The molecule has 0 heterocycles. The van der Waals surface area contributed by atoms with Crippen LogP contribution in [-0.2, 0) is 23.5 Å². The highest BCUT2D eigenvalue weighted by Crippen LogP contribution is 2.44. The van der Waals surface area contributed by atoms with E-state index in [1.807, 2.05) is 48.5 Å². The van der Waals surface area contributed by atoms with Gasteiger partial charge in [0.2, 0.25) is 0 Å². The van der Waals surface area contributed by atoms with Gasteiger partial charge in [0.05, 0.1) is 23.8 Å². The van der Waals surface area contributed by atoms with Crippen molar-refractivity contribution in [2.24, 2.45) is 0 Å². The zero-order valence-corrected chi connectivity index (χ0v) is 18.7. The summed E-state index contributed by atoms with van der Waals surface area (Å²) < 4.78 is 84.1. The van der Waals surface area contributed by atoms with Crippen LogP contribution in [0, 0.1) is 0 Å². The number of amides is 1. The second-order valence-electron chi connectivity index (χ2n) is 8.47. The van der Waals surface area contributed by atoms with Crippen molar-refractivity contribution >= 4 is 6.09 Å². The van der Waals surface area contributed by atoms with E-state index in [1.165, 1.54) is 0 Å². The van der Waals surface area contributed by atoms with Crippen molar-refractivity contribution < 1.29 is 41.0 Å². The number of nitrogens with one attached hydrogen (secondary N) is 1. The molecule has 1 aliphatic rings. The number of hydrogen-bond acceptors (Lipinski definition) is 3. The Morgan fingerprint density at radius 3 is 1.83 bits per heavy atom. The maximum atomic E-state index is 13.1. The van der Waals surface area contributed by atoms with Gasteiger partial charge in [-0.3, -0.25) is 0 Å². The van der Waals surface area contributed by atoms with Crippen LogP contribution in [0.4, 0.5) is 31.1 Å². The number of alkyl halides is 6. The van der Waals surface area contributed by atoms with Crippen molar-refractivity contribution in [3.8, 4) is 11.1 Å². The highest BCUT2D eigenvalue weighted by Gasteiger charge is 2.37. The van der Waals surface area contributed by atoms with Crippen molar-refractivity contribution in [1.29, 1.82) is 0 Å². The van der Waals surface area contributed by atoms with Gasteiger partial charge in [-0.1, -0.05) is 48.5 Å². The number of hydrogen-bond donors (Lipinski definition) is 2. The van der Waals surface area contributed by atoms with E-state index >= 15 is 0 Å². The molecule has 3 aromatic rings. The van der Waals surface area contributed by atoms with Crippen LogP contribution in [0.3, 0.4) is 0 Å². The second-order valence-corrected chi connectivity index (χ2v) is 8.47. The minimum atomic E-state index is -5.00. The van der Waals surface area contributed by atoms with Gasteiger partial charge in [0.25, 0.3) is 0 Å². The van der Waals surface area contributed by atoms with Crippen LogP contribution in [0.15, 0.2) is 66.7 Å². The Morgan fingerprint density at radius 1 is 0.861 bits per heavy atom. The minimum Gasteiger partial charge on any atom is -0.449 e. The van der Waals surface area contributed by atoms with E-state index in [4.69, 9.17) is 4.74 Å². The third-order valence-electron chi connectivity index (χ3n) is 6.02. The molecule has 0 aromatic heterocycles. The predicted molar refractivity (Wildman–Crippen MR) is 119 cm³/mol. The fourth-order valence-corrected chi connectivity index (χ4v) is 4.39. The van der Waals surface area contributed by atoms with Crippen molar-refractivity contribution in [1.82, 2.24) is 5.32 Å². The van der Waals surface area contributed by atoms with E-state index in [9.17, 15) is 36.2 Å². The first-order chi connectivity index (χ1) is 17.0. The summed E-state index contributed by atoms with van der Waals surface area (Å²) in [5.74, 6) is -0.242. The zero-order valence-electron chi connectivity index (χ0n) is 18.7. The highest BCUT2D eigenvalue weighted by molar-refractivity contribution is 5.79. The molecule has 1 aliphatic carbocycles. The molecule has 0 spiro atoms. The van der Waals surface area contributed by atoms with E-state index in [0.29, 0.717) is 12.1 Å². The van der Waals surface area contributed by atoms with Gasteiger partial charge in [0, 0.05) is 5.92 Å². The van der Waals surface area contributed by atoms with Crippen LogP contribution in [-0.4, -0.2) is 30.5 Å². The lowest BCUT2D eigenvalue weighted by atomic mass is 9.98. The molecular weight excluding hydrogens is 488 g/mol. The molecule has 1 amide bonds. The van der Waals surface area contributed by atoms with Crippen LogP contribution >= 0.6 is 0 Å². The van der Waals surface area contributed by atoms with E-state index in [2.05, 4.69) is 5.32 Å². The summed E-state index contributed by atoms with van der Waals surface area (Å²) in [5, 5.41) is 11.9. The van der Waals surface area contributed by atoms with Gasteiger partial charge in [0.1, 0.15) is 6.61 Å². The molecule has 10 heteroatoms. The largest absolute Gasteiger partial charge is 0.449 e. The minimum absolute atomic E-state index is 0.0242. The molecule has 4 nitrogen and oxygen atoms in total. The summed E-state index contributed by atoms with van der Waals surface area (Å²) in [6, 6.07) is 15.3. The Labute approximate surface area is 202 Å². The van der Waals surface area contributed by atoms with Crippen LogP contribution in [0.5, 0.6) is 0 Å². The first kappa shape index (κ1) is 25.6. The van der Waals surface area contributed by atoms with Crippen LogP contribution in [0.2, 0.25) is 0 Å². The van der Waals surface area contributed by atoms with Crippen molar-refractivity contribution in [3.63, 3.8) is 0 Å². The molecular formula is C26H21F6NO3. The number of fused-ring (bicyclic) bond motifs is 3. The van der Waals surface area contributed by atoms with E-state index in [-0.39, 0.29) is 24.2 Å². The van der Waals surface area contributed by atoms with E-state index in [0.717, 1.165) is 22.3 Å². The summed E-state index contributed by atoms with van der Waals surface area (Å²) in [6.07, 6.45) is -11.4. The Hall–Kier alpha value is -3.53. The molecule has 3 aromatic carbocycles. The molecule has 0 saturated carbocycles. The van der Waals surface area contributed by atoms with Gasteiger partial charge in [-0.15, -0.1) is 0 Å². The fraction of sp³-hybridized carbons (Fsp3) is 0.269. The average Bonchev–Trinajstić information content (AvgIpc) is 3.15. The molecule has 4 rings (SSSR count). The first-order valence-corrected chi connectivity index (χ1v) is 11.0. The number of halogens is 6. The molecule has 0 unspecified atom stereocenters. The standard InChI is InChI=1S/C26H21F6NO3/c27-25(28,29)16-9-15(10-17(12-16)26(30,31)32)11-18(13-34)33-24(35)36-14-23-21-7-3-1-5-19(21)20-6-2-4-8-22(20)23/h1-10,12,18,23,34H,11,13-14H2,(H,33,35)/t18-/m0/s1. The molecule has 2 N–H and O–H groups in total. The molecule has 36 heavy (non-hydrogen) atoms. The topological polar surface area (TPSA) is 58.6 Å². The molecule has 1 atom stereocenters. The van der Waals surface area contributed by atoms with Gasteiger partial charge in [-0.05, 0) is 52.4 Å². The first-order valence-electron chi connectivity index (χ1n) is 11.0. The second kappa shape index (κ2) is 9.85. The van der Waals surface area contributed by atoms with Gasteiger partial charge in [-0.2, -0.15) is 26.3 Å². The predicted octanol–water partition coefficient (Wildman–Crippen LogP) is 6.17. The lowest BCUT2D eigenvalue weighted by Gasteiger charge is -2.20. The van der Waals surface area contributed by atoms with Crippen LogP contribution < -0.4 is 5.32 Å². The molecule has 0 aliphatic heterocycles. The smallest absolute Gasteiger partial charge is 0.416 e. The summed E-state index contributed by atoms with van der Waals surface area (Å²) in [4.78, 5) is 12.4. The summed E-state index contributed by atoms with van der Waals surface area (Å²) in [7, 11) is 0. The zero-order chi connectivity index (χ0) is 26.1. The Kier molecular flexibility index (Phi) is 6.99. The maximum absolute atomic E-state index is 13.1. The van der Waals surface area contributed by atoms with Crippen LogP contribution in [0.1, 0.15) is 33.7 Å². The lowest BCUT2D eigenvalue weighted by molar-refractivity contribution is -0.143. The molecule has 190 valence electrons. The average molecular weight is 509 g/mol. The quantitative estimate of drug-likeness (QED) is 0.391.